The second-order valence-electron chi connectivity index (χ2n) is 7.19. The predicted molar refractivity (Wildman–Crippen MR) is 141 cm³/mol. The molecule has 2 rings (SSSR count). The number of guanidine groups is 1. The van der Waals surface area contributed by atoms with Gasteiger partial charge in [-0.25, -0.2) is 4.99 Å². The van der Waals surface area contributed by atoms with Crippen LogP contribution in [-0.2, 0) is 11.3 Å². The molecule has 0 radical (unpaired) electrons. The molecule has 1 unspecified atom stereocenters. The van der Waals surface area contributed by atoms with E-state index >= 15 is 0 Å². The Morgan fingerprint density at radius 2 is 1.70 bits per heavy atom. The van der Waals surface area contributed by atoms with E-state index in [1.165, 1.54) is 0 Å². The van der Waals surface area contributed by atoms with Gasteiger partial charge in [0.1, 0.15) is 23.9 Å². The third kappa shape index (κ3) is 9.65. The summed E-state index contributed by atoms with van der Waals surface area (Å²) in [6, 6.07) is 11.4. The molecule has 0 aliphatic heterocycles. The van der Waals surface area contributed by atoms with Gasteiger partial charge >= 0.3 is 0 Å². The number of methoxy groups -OCH3 is 3. The number of benzene rings is 2. The van der Waals surface area contributed by atoms with Crippen LogP contribution in [0.25, 0.3) is 0 Å². The number of halogens is 1. The Labute approximate surface area is 213 Å². The molecule has 1 atom stereocenters. The molecule has 0 aliphatic rings. The lowest BCUT2D eigenvalue weighted by molar-refractivity contribution is 0.145. The third-order valence-electron chi connectivity index (χ3n) is 4.74. The normalized spacial score (nSPS) is 11.9. The van der Waals surface area contributed by atoms with Crippen LogP contribution in [0.5, 0.6) is 17.2 Å². The van der Waals surface area contributed by atoms with Crippen molar-refractivity contribution in [1.29, 1.82) is 0 Å². The Balaban J connectivity index is 0.00000544. The highest BCUT2D eigenvalue weighted by Crippen LogP contribution is 2.26. The second-order valence-corrected chi connectivity index (χ2v) is 7.19. The van der Waals surface area contributed by atoms with Gasteiger partial charge in [0.15, 0.2) is 5.96 Å². The maximum Gasteiger partial charge on any atom is 0.191 e. The minimum absolute atomic E-state index is 0. The zero-order chi connectivity index (χ0) is 23.3. The Kier molecular flexibility index (Phi) is 13.6. The number of hydrogen-bond acceptors (Lipinski definition) is 6. The van der Waals surface area contributed by atoms with Crippen molar-refractivity contribution in [1.82, 2.24) is 10.6 Å². The summed E-state index contributed by atoms with van der Waals surface area (Å²) in [5, 5.41) is 17.1. The molecule has 0 amide bonds. The number of ether oxygens (including phenoxy) is 4. The van der Waals surface area contributed by atoms with Crippen LogP contribution in [0.3, 0.4) is 0 Å². The van der Waals surface area contributed by atoms with Gasteiger partial charge in [-0.15, -0.1) is 24.0 Å². The second kappa shape index (κ2) is 15.6. The number of nitrogens with zero attached hydrogens (tertiary/aromatic N) is 1. The van der Waals surface area contributed by atoms with E-state index < -0.39 is 6.10 Å². The van der Waals surface area contributed by atoms with E-state index in [0.29, 0.717) is 49.3 Å². The lowest BCUT2D eigenvalue weighted by Crippen LogP contribution is -2.39. The van der Waals surface area contributed by atoms with Crippen molar-refractivity contribution in [2.45, 2.75) is 26.5 Å². The van der Waals surface area contributed by atoms with Crippen molar-refractivity contribution in [3.05, 3.63) is 53.1 Å². The largest absolute Gasteiger partial charge is 0.497 e. The van der Waals surface area contributed by atoms with Crippen molar-refractivity contribution < 1.29 is 24.1 Å². The minimum atomic E-state index is -0.768. The van der Waals surface area contributed by atoms with Gasteiger partial charge in [-0.1, -0.05) is 12.1 Å². The van der Waals surface area contributed by atoms with Crippen LogP contribution in [0.1, 0.15) is 29.7 Å². The molecule has 0 spiro atoms. The summed E-state index contributed by atoms with van der Waals surface area (Å²) in [7, 11) is 4.81. The van der Waals surface area contributed by atoms with Crippen LogP contribution in [0, 0.1) is 6.92 Å². The molecule has 33 heavy (non-hydrogen) atoms. The molecule has 0 fully saturated rings. The van der Waals surface area contributed by atoms with Gasteiger partial charge in [-0.2, -0.15) is 0 Å². The fourth-order valence-corrected chi connectivity index (χ4v) is 3.00. The van der Waals surface area contributed by atoms with Crippen molar-refractivity contribution >= 4 is 29.9 Å². The Bertz CT molecular complexity index is 857. The third-order valence-corrected chi connectivity index (χ3v) is 4.74. The van der Waals surface area contributed by atoms with Gasteiger partial charge in [-0.05, 0) is 43.2 Å². The summed E-state index contributed by atoms with van der Waals surface area (Å²) < 4.78 is 21.5. The van der Waals surface area contributed by atoms with E-state index in [1.54, 1.807) is 39.5 Å². The van der Waals surface area contributed by atoms with Gasteiger partial charge in [-0.3, -0.25) is 0 Å². The van der Waals surface area contributed by atoms with Gasteiger partial charge in [0, 0.05) is 31.8 Å². The molecule has 2 aromatic rings. The number of aliphatic imine (C=N–C) groups is 1. The van der Waals surface area contributed by atoms with E-state index in [-0.39, 0.29) is 30.5 Å². The SMILES string of the molecule is CCNC(=NCc1ccc(C)cc1OCCOC)NCC(O)c1cc(OC)cc(OC)c1.I. The first-order valence-corrected chi connectivity index (χ1v) is 10.6. The van der Waals surface area contributed by atoms with Crippen LogP contribution in [-0.4, -0.2) is 58.7 Å². The summed E-state index contributed by atoms with van der Waals surface area (Å²) in [6.45, 7) is 6.41. The average Bonchev–Trinajstić information content (AvgIpc) is 2.81. The van der Waals surface area contributed by atoms with Crippen molar-refractivity contribution in [3.8, 4) is 17.2 Å². The number of rotatable bonds is 12. The highest BCUT2D eigenvalue weighted by atomic mass is 127. The average molecular weight is 573 g/mol. The van der Waals surface area contributed by atoms with E-state index in [9.17, 15) is 5.11 Å². The molecule has 8 nitrogen and oxygen atoms in total. The summed E-state index contributed by atoms with van der Waals surface area (Å²) in [6.07, 6.45) is -0.768. The van der Waals surface area contributed by atoms with E-state index in [2.05, 4.69) is 15.6 Å². The number of aliphatic hydroxyl groups is 1. The van der Waals surface area contributed by atoms with Crippen LogP contribution in [0.2, 0.25) is 0 Å². The van der Waals surface area contributed by atoms with Gasteiger partial charge in [0.2, 0.25) is 0 Å². The summed E-state index contributed by atoms with van der Waals surface area (Å²) in [4.78, 5) is 4.66. The predicted octanol–water partition coefficient (Wildman–Crippen LogP) is 3.44. The maximum atomic E-state index is 10.7. The van der Waals surface area contributed by atoms with E-state index in [4.69, 9.17) is 18.9 Å². The Hall–Kier alpha value is -2.24. The molecule has 9 heteroatoms. The monoisotopic (exact) mass is 573 g/mol. The molecular formula is C24H36IN3O5. The van der Waals surface area contributed by atoms with Gasteiger partial charge < -0.3 is 34.7 Å². The van der Waals surface area contributed by atoms with Gasteiger partial charge in [0.25, 0.3) is 0 Å². The molecule has 0 bridgehead atoms. The zero-order valence-corrected chi connectivity index (χ0v) is 22.3. The molecule has 184 valence electrons. The number of hydrogen-bond donors (Lipinski definition) is 3. The molecule has 0 aromatic heterocycles. The molecule has 0 heterocycles. The molecule has 3 N–H and O–H groups in total. The highest BCUT2D eigenvalue weighted by molar-refractivity contribution is 14.0. The number of aliphatic hydroxyl groups excluding tert-OH is 1. The van der Waals surface area contributed by atoms with Crippen molar-refractivity contribution in [3.63, 3.8) is 0 Å². The number of aryl methyl sites for hydroxylation is 1. The fourth-order valence-electron chi connectivity index (χ4n) is 3.00. The molecule has 0 aliphatic carbocycles. The first-order valence-electron chi connectivity index (χ1n) is 10.6. The Morgan fingerprint density at radius 3 is 2.30 bits per heavy atom. The standard InChI is InChI=1S/C24H35N3O5.HI/c1-6-25-24(26-15-18-8-7-17(2)11-23(18)32-10-9-29-3)27-16-22(28)19-12-20(30-4)14-21(13-19)31-5;/h7-8,11-14,22,28H,6,9-10,15-16H2,1-5H3,(H2,25,26,27);1H. The summed E-state index contributed by atoms with van der Waals surface area (Å²) in [5.41, 5.74) is 2.78. The minimum Gasteiger partial charge on any atom is -0.497 e. The molecular weight excluding hydrogens is 537 g/mol. The van der Waals surface area contributed by atoms with Gasteiger partial charge in [0.05, 0.1) is 33.5 Å². The topological polar surface area (TPSA) is 93.6 Å². The molecule has 0 saturated heterocycles. The first kappa shape index (κ1) is 28.8. The van der Waals surface area contributed by atoms with E-state index in [1.807, 2.05) is 32.0 Å². The smallest absolute Gasteiger partial charge is 0.191 e. The first-order chi connectivity index (χ1) is 15.5. The quantitative estimate of drug-likeness (QED) is 0.155. The summed E-state index contributed by atoms with van der Waals surface area (Å²) >= 11 is 0. The maximum absolute atomic E-state index is 10.7. The molecule has 0 saturated carbocycles. The highest BCUT2D eigenvalue weighted by Gasteiger charge is 2.12. The van der Waals surface area contributed by atoms with Crippen LogP contribution in [0.15, 0.2) is 41.4 Å². The summed E-state index contributed by atoms with van der Waals surface area (Å²) in [5.74, 6) is 2.65. The zero-order valence-electron chi connectivity index (χ0n) is 20.0. The van der Waals surface area contributed by atoms with E-state index in [0.717, 1.165) is 16.9 Å². The molecule has 2 aromatic carbocycles. The fraction of sp³-hybridized carbons (Fsp3) is 0.458. The van der Waals surface area contributed by atoms with Crippen molar-refractivity contribution in [2.75, 3.05) is 47.6 Å². The lowest BCUT2D eigenvalue weighted by Gasteiger charge is -2.17. The van der Waals surface area contributed by atoms with Crippen LogP contribution >= 0.6 is 24.0 Å². The van der Waals surface area contributed by atoms with Crippen LogP contribution in [0.4, 0.5) is 0 Å². The lowest BCUT2D eigenvalue weighted by atomic mass is 10.1. The van der Waals surface area contributed by atoms with Crippen molar-refractivity contribution in [2.24, 2.45) is 4.99 Å². The number of nitrogens with one attached hydrogen (secondary N) is 2. The van der Waals surface area contributed by atoms with Crippen LogP contribution < -0.4 is 24.8 Å². The Morgan fingerprint density at radius 1 is 1.00 bits per heavy atom.